The molecular formula is C11H20N2S. The largest absolute Gasteiger partial charge is 0.308 e. The maximum absolute atomic E-state index is 4.39. The van der Waals surface area contributed by atoms with Gasteiger partial charge in [0.25, 0.3) is 0 Å². The van der Waals surface area contributed by atoms with Gasteiger partial charge in [0.05, 0.1) is 6.04 Å². The van der Waals surface area contributed by atoms with Crippen LogP contribution in [0.2, 0.25) is 0 Å². The summed E-state index contributed by atoms with van der Waals surface area (Å²) in [5, 5.41) is 6.80. The summed E-state index contributed by atoms with van der Waals surface area (Å²) < 4.78 is 0. The van der Waals surface area contributed by atoms with Crippen molar-refractivity contribution < 1.29 is 0 Å². The van der Waals surface area contributed by atoms with Crippen LogP contribution in [-0.4, -0.2) is 11.5 Å². The van der Waals surface area contributed by atoms with Crippen LogP contribution < -0.4 is 5.32 Å². The maximum atomic E-state index is 4.39. The van der Waals surface area contributed by atoms with Crippen LogP contribution in [0, 0.1) is 5.41 Å². The SMILES string of the molecule is CCCNC(c1nccs1)C(C)(C)C. The first-order valence-corrected chi connectivity index (χ1v) is 6.06. The molecule has 2 nitrogen and oxygen atoms in total. The van der Waals surface area contributed by atoms with Crippen LogP contribution in [0.25, 0.3) is 0 Å². The average molecular weight is 212 g/mol. The lowest BCUT2D eigenvalue weighted by Crippen LogP contribution is -2.32. The van der Waals surface area contributed by atoms with Crippen molar-refractivity contribution in [2.75, 3.05) is 6.54 Å². The molecule has 0 bridgehead atoms. The predicted molar refractivity (Wildman–Crippen MR) is 62.6 cm³/mol. The number of hydrogen-bond donors (Lipinski definition) is 1. The molecule has 1 aromatic heterocycles. The van der Waals surface area contributed by atoms with Crippen LogP contribution in [0.4, 0.5) is 0 Å². The Labute approximate surface area is 90.8 Å². The van der Waals surface area contributed by atoms with Gasteiger partial charge >= 0.3 is 0 Å². The van der Waals surface area contributed by atoms with Gasteiger partial charge in [-0.25, -0.2) is 4.98 Å². The normalized spacial score (nSPS) is 14.3. The number of nitrogens with one attached hydrogen (secondary N) is 1. The van der Waals surface area contributed by atoms with E-state index in [1.807, 2.05) is 11.6 Å². The highest BCUT2D eigenvalue weighted by Gasteiger charge is 2.27. The lowest BCUT2D eigenvalue weighted by Gasteiger charge is -2.29. The van der Waals surface area contributed by atoms with Gasteiger partial charge in [0.2, 0.25) is 0 Å². The minimum absolute atomic E-state index is 0.229. The number of rotatable bonds is 4. The second kappa shape index (κ2) is 4.89. The summed E-state index contributed by atoms with van der Waals surface area (Å²) in [7, 11) is 0. The third-order valence-corrected chi connectivity index (χ3v) is 3.00. The second-order valence-electron chi connectivity index (χ2n) is 4.62. The molecule has 1 unspecified atom stereocenters. The maximum Gasteiger partial charge on any atom is 0.110 e. The summed E-state index contributed by atoms with van der Waals surface area (Å²) in [6.07, 6.45) is 3.05. The van der Waals surface area contributed by atoms with Crippen molar-refractivity contribution in [3.05, 3.63) is 16.6 Å². The van der Waals surface area contributed by atoms with E-state index < -0.39 is 0 Å². The minimum atomic E-state index is 0.229. The average Bonchev–Trinajstić information content (AvgIpc) is 2.55. The van der Waals surface area contributed by atoms with Crippen molar-refractivity contribution in [1.82, 2.24) is 10.3 Å². The molecule has 0 fully saturated rings. The summed E-state index contributed by atoms with van der Waals surface area (Å²) in [4.78, 5) is 4.39. The van der Waals surface area contributed by atoms with Crippen molar-refractivity contribution in [3.63, 3.8) is 0 Å². The van der Waals surface area contributed by atoms with E-state index >= 15 is 0 Å². The summed E-state index contributed by atoms with van der Waals surface area (Å²) >= 11 is 1.73. The molecule has 1 atom stereocenters. The molecular weight excluding hydrogens is 192 g/mol. The van der Waals surface area contributed by atoms with Crippen LogP contribution in [-0.2, 0) is 0 Å². The molecule has 1 aromatic rings. The quantitative estimate of drug-likeness (QED) is 0.829. The highest BCUT2D eigenvalue weighted by Crippen LogP contribution is 2.33. The van der Waals surface area contributed by atoms with Crippen LogP contribution in [0.3, 0.4) is 0 Å². The van der Waals surface area contributed by atoms with Gasteiger partial charge in [-0.1, -0.05) is 27.7 Å². The molecule has 0 radical (unpaired) electrons. The zero-order valence-corrected chi connectivity index (χ0v) is 10.3. The Morgan fingerprint density at radius 1 is 1.50 bits per heavy atom. The molecule has 3 heteroatoms. The van der Waals surface area contributed by atoms with Crippen molar-refractivity contribution in [1.29, 1.82) is 0 Å². The van der Waals surface area contributed by atoms with Crippen molar-refractivity contribution in [2.45, 2.75) is 40.2 Å². The van der Waals surface area contributed by atoms with Crippen molar-refractivity contribution in [2.24, 2.45) is 5.41 Å². The Kier molecular flexibility index (Phi) is 4.08. The minimum Gasteiger partial charge on any atom is -0.308 e. The summed E-state index contributed by atoms with van der Waals surface area (Å²) in [6.45, 7) is 10.0. The van der Waals surface area contributed by atoms with E-state index in [1.165, 1.54) is 5.01 Å². The first-order chi connectivity index (χ1) is 6.55. The molecule has 0 saturated carbocycles. The monoisotopic (exact) mass is 212 g/mol. The first-order valence-electron chi connectivity index (χ1n) is 5.18. The molecule has 0 aliphatic heterocycles. The van der Waals surface area contributed by atoms with E-state index in [-0.39, 0.29) is 5.41 Å². The van der Waals surface area contributed by atoms with Gasteiger partial charge in [-0.05, 0) is 18.4 Å². The zero-order chi connectivity index (χ0) is 10.6. The van der Waals surface area contributed by atoms with Gasteiger partial charge in [-0.15, -0.1) is 11.3 Å². The predicted octanol–water partition coefficient (Wildman–Crippen LogP) is 3.23. The number of hydrogen-bond acceptors (Lipinski definition) is 3. The standard InChI is InChI=1S/C11H20N2S/c1-5-6-12-9(11(2,3)4)10-13-7-8-14-10/h7-9,12H,5-6H2,1-4H3. The molecule has 0 amide bonds. The number of aromatic nitrogens is 1. The topological polar surface area (TPSA) is 24.9 Å². The summed E-state index contributed by atoms with van der Waals surface area (Å²) in [6, 6.07) is 0.377. The van der Waals surface area contributed by atoms with Gasteiger partial charge in [0.1, 0.15) is 5.01 Å². The summed E-state index contributed by atoms with van der Waals surface area (Å²) in [5.74, 6) is 0. The Balaban J connectivity index is 2.73. The Morgan fingerprint density at radius 3 is 2.64 bits per heavy atom. The molecule has 1 heterocycles. The van der Waals surface area contributed by atoms with E-state index in [9.17, 15) is 0 Å². The lowest BCUT2D eigenvalue weighted by molar-refractivity contribution is 0.272. The molecule has 80 valence electrons. The molecule has 0 aliphatic rings. The number of thiazole rings is 1. The fourth-order valence-corrected chi connectivity index (χ4v) is 2.39. The van der Waals surface area contributed by atoms with Gasteiger partial charge in [-0.2, -0.15) is 0 Å². The highest BCUT2D eigenvalue weighted by atomic mass is 32.1. The van der Waals surface area contributed by atoms with E-state index in [0.717, 1.165) is 13.0 Å². The second-order valence-corrected chi connectivity index (χ2v) is 5.55. The molecule has 1 rings (SSSR count). The van der Waals surface area contributed by atoms with Crippen LogP contribution in [0.5, 0.6) is 0 Å². The molecule has 0 spiro atoms. The third-order valence-electron chi connectivity index (χ3n) is 2.16. The Hall–Kier alpha value is -0.410. The fraction of sp³-hybridized carbons (Fsp3) is 0.727. The van der Waals surface area contributed by atoms with Crippen LogP contribution in [0.15, 0.2) is 11.6 Å². The van der Waals surface area contributed by atoms with Crippen LogP contribution in [0.1, 0.15) is 45.2 Å². The van der Waals surface area contributed by atoms with E-state index in [0.29, 0.717) is 6.04 Å². The zero-order valence-electron chi connectivity index (χ0n) is 9.50. The molecule has 1 N–H and O–H groups in total. The Morgan fingerprint density at radius 2 is 2.21 bits per heavy atom. The molecule has 14 heavy (non-hydrogen) atoms. The highest BCUT2D eigenvalue weighted by molar-refractivity contribution is 7.09. The lowest BCUT2D eigenvalue weighted by atomic mass is 9.87. The van der Waals surface area contributed by atoms with Crippen LogP contribution >= 0.6 is 11.3 Å². The van der Waals surface area contributed by atoms with Gasteiger partial charge in [0.15, 0.2) is 0 Å². The molecule has 0 aromatic carbocycles. The first kappa shape index (κ1) is 11.7. The van der Waals surface area contributed by atoms with Crippen molar-refractivity contribution in [3.8, 4) is 0 Å². The van der Waals surface area contributed by atoms with Gasteiger partial charge in [-0.3, -0.25) is 0 Å². The van der Waals surface area contributed by atoms with E-state index in [4.69, 9.17) is 0 Å². The van der Waals surface area contributed by atoms with Crippen molar-refractivity contribution >= 4 is 11.3 Å². The Bertz CT molecular complexity index is 249. The molecule has 0 saturated heterocycles. The van der Waals surface area contributed by atoms with E-state index in [1.54, 1.807) is 11.3 Å². The number of nitrogens with zero attached hydrogens (tertiary/aromatic N) is 1. The van der Waals surface area contributed by atoms with E-state index in [2.05, 4.69) is 38.0 Å². The van der Waals surface area contributed by atoms with Gasteiger partial charge in [0, 0.05) is 11.6 Å². The van der Waals surface area contributed by atoms with Gasteiger partial charge < -0.3 is 5.32 Å². The summed E-state index contributed by atoms with van der Waals surface area (Å²) in [5.41, 5.74) is 0.229. The molecule has 0 aliphatic carbocycles. The fourth-order valence-electron chi connectivity index (χ4n) is 1.43. The smallest absolute Gasteiger partial charge is 0.110 e. The third kappa shape index (κ3) is 3.07.